The lowest BCUT2D eigenvalue weighted by Gasteiger charge is -2.24. The van der Waals surface area contributed by atoms with Gasteiger partial charge >= 0.3 is 5.97 Å². The van der Waals surface area contributed by atoms with E-state index in [0.29, 0.717) is 17.9 Å². The van der Waals surface area contributed by atoms with Crippen molar-refractivity contribution < 1.29 is 24.3 Å². The van der Waals surface area contributed by atoms with Gasteiger partial charge in [0.2, 0.25) is 17.7 Å². The predicted octanol–water partition coefficient (Wildman–Crippen LogP) is -0.166. The first-order valence-electron chi connectivity index (χ1n) is 11.1. The molecule has 0 radical (unpaired) electrons. The minimum Gasteiger partial charge on any atom is -0.480 e. The van der Waals surface area contributed by atoms with Crippen LogP contribution in [0.1, 0.15) is 24.6 Å². The highest BCUT2D eigenvalue weighted by Gasteiger charge is 2.30. The van der Waals surface area contributed by atoms with Crippen LogP contribution < -0.4 is 21.7 Å². The van der Waals surface area contributed by atoms with Gasteiger partial charge in [0.25, 0.3) is 0 Å². The maximum Gasteiger partial charge on any atom is 0.326 e. The maximum absolute atomic E-state index is 13.1. The predicted molar refractivity (Wildman–Crippen MR) is 133 cm³/mol. The zero-order valence-corrected chi connectivity index (χ0v) is 20.5. The normalized spacial score (nSPS) is 14.3. The van der Waals surface area contributed by atoms with Crippen LogP contribution in [0.5, 0.6) is 0 Å². The van der Waals surface area contributed by atoms with Crippen molar-refractivity contribution in [2.24, 2.45) is 5.73 Å². The number of carboxylic acid groups (broad SMARTS) is 1. The van der Waals surface area contributed by atoms with Crippen molar-refractivity contribution in [3.05, 3.63) is 54.1 Å². The summed E-state index contributed by atoms with van der Waals surface area (Å²) in [5, 5.41) is 17.5. The number of hydrogen-bond donors (Lipinski definition) is 6. The van der Waals surface area contributed by atoms with Crippen LogP contribution in [0.2, 0.25) is 0 Å². The van der Waals surface area contributed by atoms with Gasteiger partial charge in [-0.15, -0.1) is 0 Å². The maximum atomic E-state index is 13.1. The molecule has 0 aliphatic heterocycles. The topological polar surface area (TPSA) is 179 Å². The highest BCUT2D eigenvalue weighted by molar-refractivity contribution is 7.98. The number of carbonyl (C=O) groups excluding carboxylic acids is 3. The summed E-state index contributed by atoms with van der Waals surface area (Å²) < 4.78 is 0. The number of carboxylic acids is 1. The Labute approximate surface area is 208 Å². The lowest BCUT2D eigenvalue weighted by Crippen LogP contribution is -2.57. The summed E-state index contributed by atoms with van der Waals surface area (Å²) in [6.45, 7) is 1.51. The molecular weight excluding hydrogens is 472 g/mol. The van der Waals surface area contributed by atoms with Crippen LogP contribution in [0.25, 0.3) is 0 Å². The zero-order chi connectivity index (χ0) is 25.8. The van der Waals surface area contributed by atoms with Gasteiger partial charge in [-0.1, -0.05) is 30.3 Å². The molecule has 35 heavy (non-hydrogen) atoms. The number of nitrogens with one attached hydrogen (secondary N) is 4. The number of benzene rings is 1. The molecule has 11 nitrogen and oxygen atoms in total. The Kier molecular flexibility index (Phi) is 11.2. The third-order valence-corrected chi connectivity index (χ3v) is 5.81. The number of aliphatic carboxylic acids is 1. The summed E-state index contributed by atoms with van der Waals surface area (Å²) in [5.41, 5.74) is 6.93. The number of rotatable bonds is 14. The molecule has 12 heteroatoms. The number of hydrogen-bond acceptors (Lipinski definition) is 7. The summed E-state index contributed by atoms with van der Waals surface area (Å²) in [5.74, 6) is -2.33. The Morgan fingerprint density at radius 2 is 1.63 bits per heavy atom. The molecule has 7 N–H and O–H groups in total. The summed E-state index contributed by atoms with van der Waals surface area (Å²) in [6.07, 6.45) is 5.27. The van der Waals surface area contributed by atoms with Gasteiger partial charge < -0.3 is 31.8 Å². The van der Waals surface area contributed by atoms with Gasteiger partial charge in [-0.25, -0.2) is 9.78 Å². The highest BCUT2D eigenvalue weighted by Crippen LogP contribution is 2.07. The monoisotopic (exact) mass is 504 g/mol. The average molecular weight is 505 g/mol. The molecule has 4 unspecified atom stereocenters. The van der Waals surface area contributed by atoms with Gasteiger partial charge in [-0.3, -0.25) is 14.4 Å². The fourth-order valence-electron chi connectivity index (χ4n) is 3.23. The van der Waals surface area contributed by atoms with Gasteiger partial charge in [0, 0.05) is 24.7 Å². The van der Waals surface area contributed by atoms with Crippen LogP contribution in [0, 0.1) is 0 Å². The summed E-state index contributed by atoms with van der Waals surface area (Å²) in [4.78, 5) is 56.9. The highest BCUT2D eigenvalue weighted by atomic mass is 32.2. The Bertz CT molecular complexity index is 970. The zero-order valence-electron chi connectivity index (χ0n) is 19.7. The number of thioether (sulfide) groups is 1. The van der Waals surface area contributed by atoms with Crippen molar-refractivity contribution in [1.82, 2.24) is 25.9 Å². The first-order valence-corrected chi connectivity index (χ1v) is 12.5. The number of aromatic nitrogens is 2. The van der Waals surface area contributed by atoms with Crippen LogP contribution >= 0.6 is 11.8 Å². The standard InChI is InChI=1S/C23H32N6O5S/c1-14(24)20(30)27-17(8-9-35-2)21(31)28-18(11-16-12-25-13-26-16)22(32)29-19(23(33)34)10-15-6-4-3-5-7-15/h3-7,12-14,17-19H,8-11,24H2,1-2H3,(H,25,26)(H,27,30)(H,28,31)(H,29,32)(H,33,34). The summed E-state index contributed by atoms with van der Waals surface area (Å²) >= 11 is 1.50. The molecule has 2 rings (SSSR count). The van der Waals surface area contributed by atoms with E-state index in [-0.39, 0.29) is 12.8 Å². The number of nitrogens with two attached hydrogens (primary N) is 1. The van der Waals surface area contributed by atoms with Crippen LogP contribution in [-0.4, -0.2) is 74.9 Å². The number of imidazole rings is 1. The van der Waals surface area contributed by atoms with E-state index in [9.17, 15) is 24.3 Å². The van der Waals surface area contributed by atoms with Crippen molar-refractivity contribution in [3.8, 4) is 0 Å². The second-order valence-electron chi connectivity index (χ2n) is 8.06. The smallest absolute Gasteiger partial charge is 0.326 e. The molecule has 0 saturated heterocycles. The van der Waals surface area contributed by atoms with E-state index in [1.807, 2.05) is 12.3 Å². The molecule has 190 valence electrons. The lowest BCUT2D eigenvalue weighted by atomic mass is 10.0. The van der Waals surface area contributed by atoms with Gasteiger partial charge in [-0.2, -0.15) is 11.8 Å². The average Bonchev–Trinajstić information content (AvgIpc) is 3.34. The molecule has 0 fully saturated rings. The van der Waals surface area contributed by atoms with Crippen molar-refractivity contribution in [1.29, 1.82) is 0 Å². The molecule has 1 heterocycles. The second-order valence-corrected chi connectivity index (χ2v) is 9.05. The van der Waals surface area contributed by atoms with E-state index in [0.717, 1.165) is 5.56 Å². The Balaban J connectivity index is 2.18. The lowest BCUT2D eigenvalue weighted by molar-refractivity contribution is -0.142. The van der Waals surface area contributed by atoms with E-state index in [1.54, 1.807) is 24.3 Å². The Morgan fingerprint density at radius 3 is 2.20 bits per heavy atom. The third-order valence-electron chi connectivity index (χ3n) is 5.17. The molecule has 3 amide bonds. The first-order chi connectivity index (χ1) is 16.7. The quantitative estimate of drug-likeness (QED) is 0.205. The fraction of sp³-hybridized carbons (Fsp3) is 0.435. The molecule has 0 aliphatic carbocycles. The van der Waals surface area contributed by atoms with Crippen LogP contribution in [0.15, 0.2) is 42.9 Å². The number of amides is 3. The number of H-pyrrole nitrogens is 1. The van der Waals surface area contributed by atoms with Gasteiger partial charge in [-0.05, 0) is 30.9 Å². The molecule has 0 aliphatic rings. The molecule has 0 spiro atoms. The molecule has 0 saturated carbocycles. The van der Waals surface area contributed by atoms with Gasteiger partial charge in [0.05, 0.1) is 12.4 Å². The van der Waals surface area contributed by atoms with Crippen LogP contribution in [-0.2, 0) is 32.0 Å². The van der Waals surface area contributed by atoms with E-state index >= 15 is 0 Å². The van der Waals surface area contributed by atoms with E-state index < -0.39 is 47.9 Å². The molecule has 0 bridgehead atoms. The van der Waals surface area contributed by atoms with Crippen molar-refractivity contribution >= 4 is 35.5 Å². The van der Waals surface area contributed by atoms with E-state index in [4.69, 9.17) is 5.73 Å². The SMILES string of the molecule is CSCCC(NC(=O)C(C)N)C(=O)NC(Cc1cnc[nH]1)C(=O)NC(Cc1ccccc1)C(=O)O. The van der Waals surface area contributed by atoms with E-state index in [1.165, 1.54) is 31.2 Å². The molecule has 1 aromatic carbocycles. The fourth-order valence-corrected chi connectivity index (χ4v) is 3.70. The largest absolute Gasteiger partial charge is 0.480 e. The number of nitrogens with zero attached hydrogens (tertiary/aromatic N) is 1. The molecule has 4 atom stereocenters. The minimum atomic E-state index is -1.20. The first kappa shape index (κ1) is 27.9. The molecule has 1 aromatic heterocycles. The third kappa shape index (κ3) is 9.41. The summed E-state index contributed by atoms with van der Waals surface area (Å²) in [7, 11) is 0. The van der Waals surface area contributed by atoms with Crippen molar-refractivity contribution in [2.45, 2.75) is 50.4 Å². The van der Waals surface area contributed by atoms with Crippen LogP contribution in [0.3, 0.4) is 0 Å². The minimum absolute atomic E-state index is 0.0474. The van der Waals surface area contributed by atoms with Gasteiger partial charge in [0.1, 0.15) is 18.1 Å². The van der Waals surface area contributed by atoms with Crippen LogP contribution in [0.4, 0.5) is 0 Å². The van der Waals surface area contributed by atoms with Crippen molar-refractivity contribution in [2.75, 3.05) is 12.0 Å². The van der Waals surface area contributed by atoms with Gasteiger partial charge in [0.15, 0.2) is 0 Å². The van der Waals surface area contributed by atoms with E-state index in [2.05, 4.69) is 25.9 Å². The summed E-state index contributed by atoms with van der Waals surface area (Å²) in [6, 6.07) is 4.89. The Hall–Kier alpha value is -3.38. The number of carbonyl (C=O) groups is 4. The molecular formula is C23H32N6O5S. The second kappa shape index (κ2) is 14.1. The molecule has 2 aromatic rings. The van der Waals surface area contributed by atoms with Crippen molar-refractivity contribution in [3.63, 3.8) is 0 Å². The Morgan fingerprint density at radius 1 is 1.00 bits per heavy atom. The number of aromatic amines is 1.